The molecule has 126 valence electrons. The molecule has 0 spiro atoms. The van der Waals surface area contributed by atoms with Crippen LogP contribution in [0, 0.1) is 31.1 Å². The normalized spacial score (nSPS) is 23.7. The van der Waals surface area contributed by atoms with Gasteiger partial charge in [-0.15, -0.1) is 0 Å². The Morgan fingerprint density at radius 2 is 1.87 bits per heavy atom. The molecule has 0 unspecified atom stereocenters. The van der Waals surface area contributed by atoms with Gasteiger partial charge in [-0.2, -0.15) is 0 Å². The minimum absolute atomic E-state index is 0.259. The van der Waals surface area contributed by atoms with Crippen molar-refractivity contribution in [2.75, 3.05) is 7.11 Å². The van der Waals surface area contributed by atoms with Crippen LogP contribution in [0.3, 0.4) is 0 Å². The molecule has 2 nitrogen and oxygen atoms in total. The molecule has 0 amide bonds. The second kappa shape index (κ2) is 6.51. The van der Waals surface area contributed by atoms with Gasteiger partial charge in [0.15, 0.2) is 0 Å². The maximum absolute atomic E-state index is 12.6. The highest BCUT2D eigenvalue weighted by Gasteiger charge is 2.43. The Morgan fingerprint density at radius 1 is 1.30 bits per heavy atom. The number of aryl methyl sites for hydroxylation is 2. The third-order valence-corrected chi connectivity index (χ3v) is 5.79. The van der Waals surface area contributed by atoms with Gasteiger partial charge in [-0.3, -0.25) is 4.79 Å². The van der Waals surface area contributed by atoms with Crippen LogP contribution in [-0.4, -0.2) is 12.9 Å². The van der Waals surface area contributed by atoms with Crippen LogP contribution >= 0.6 is 0 Å². The maximum Gasteiger partial charge on any atom is 0.139 e. The number of benzene rings is 1. The number of methoxy groups -OCH3 is 1. The summed E-state index contributed by atoms with van der Waals surface area (Å²) in [7, 11) is 1.70. The lowest BCUT2D eigenvalue weighted by Gasteiger charge is -2.41. The number of carbonyl (C=O) groups excluding carboxylic acids is 1. The highest BCUT2D eigenvalue weighted by atomic mass is 16.5. The zero-order chi connectivity index (χ0) is 17.4. The number of ether oxygens (including phenoxy) is 1. The van der Waals surface area contributed by atoms with Crippen molar-refractivity contribution in [1.82, 2.24) is 0 Å². The molecule has 0 aromatic heterocycles. The van der Waals surface area contributed by atoms with E-state index in [1.807, 2.05) is 0 Å². The summed E-state index contributed by atoms with van der Waals surface area (Å²) in [5.41, 5.74) is 4.75. The van der Waals surface area contributed by atoms with Gasteiger partial charge in [-0.25, -0.2) is 0 Å². The standard InChI is InChI=1S/C21H30O2/c1-13(2)16-10-17(21(5,6)20(22)11-16)12-19-14(3)8-18(23-7)9-15(19)4/h8-9,16-17H,1,10-12H2,2-7H3/t16-,17-/m0/s1. The van der Waals surface area contributed by atoms with E-state index in [4.69, 9.17) is 4.74 Å². The SMILES string of the molecule is C=C(C)[C@@H]1CC(=O)C(C)(C)[C@H](Cc2c(C)cc(OC)cc2C)C1. The predicted molar refractivity (Wildman–Crippen MR) is 96.0 cm³/mol. The first kappa shape index (κ1) is 17.8. The van der Waals surface area contributed by atoms with Crippen molar-refractivity contribution in [2.45, 2.75) is 53.9 Å². The van der Waals surface area contributed by atoms with E-state index >= 15 is 0 Å². The van der Waals surface area contributed by atoms with Gasteiger partial charge in [0.05, 0.1) is 7.11 Å². The van der Waals surface area contributed by atoms with Crippen molar-refractivity contribution in [2.24, 2.45) is 17.3 Å². The van der Waals surface area contributed by atoms with Crippen LogP contribution in [0.5, 0.6) is 5.75 Å². The Hall–Kier alpha value is -1.57. The molecule has 23 heavy (non-hydrogen) atoms. The Labute approximate surface area is 140 Å². The Bertz CT molecular complexity index is 602. The molecule has 2 atom stereocenters. The maximum atomic E-state index is 12.6. The molecule has 1 aromatic carbocycles. The molecule has 1 aliphatic rings. The molecule has 0 N–H and O–H groups in total. The zero-order valence-corrected chi connectivity index (χ0v) is 15.5. The fraction of sp³-hybridized carbons (Fsp3) is 0.571. The first-order valence-electron chi connectivity index (χ1n) is 8.49. The van der Waals surface area contributed by atoms with Gasteiger partial charge in [-0.05, 0) is 74.3 Å². The Morgan fingerprint density at radius 3 is 2.35 bits per heavy atom. The smallest absolute Gasteiger partial charge is 0.139 e. The Balaban J connectivity index is 2.33. The van der Waals surface area contributed by atoms with E-state index < -0.39 is 0 Å². The van der Waals surface area contributed by atoms with Gasteiger partial charge in [0.25, 0.3) is 0 Å². The van der Waals surface area contributed by atoms with E-state index in [0.29, 0.717) is 24.0 Å². The summed E-state index contributed by atoms with van der Waals surface area (Å²) in [6, 6.07) is 4.19. The molecule has 0 aliphatic heterocycles. The van der Waals surface area contributed by atoms with E-state index in [-0.39, 0.29) is 5.41 Å². The molecular formula is C21H30O2. The van der Waals surface area contributed by atoms with Crippen LogP contribution in [0.15, 0.2) is 24.3 Å². The van der Waals surface area contributed by atoms with E-state index in [0.717, 1.165) is 24.2 Å². The first-order valence-corrected chi connectivity index (χ1v) is 8.49. The molecule has 0 saturated heterocycles. The van der Waals surface area contributed by atoms with Crippen molar-refractivity contribution in [3.63, 3.8) is 0 Å². The average molecular weight is 314 g/mol. The van der Waals surface area contributed by atoms with Gasteiger partial charge >= 0.3 is 0 Å². The molecule has 1 aromatic rings. The van der Waals surface area contributed by atoms with E-state index in [1.165, 1.54) is 16.7 Å². The van der Waals surface area contributed by atoms with Crippen molar-refractivity contribution in [3.8, 4) is 5.75 Å². The summed E-state index contributed by atoms with van der Waals surface area (Å²) >= 11 is 0. The molecule has 1 saturated carbocycles. The highest BCUT2D eigenvalue weighted by Crippen LogP contribution is 2.44. The molecule has 1 aliphatic carbocycles. The number of hydrogen-bond donors (Lipinski definition) is 0. The van der Waals surface area contributed by atoms with Gasteiger partial charge in [0.2, 0.25) is 0 Å². The molecule has 2 rings (SSSR count). The topological polar surface area (TPSA) is 26.3 Å². The minimum atomic E-state index is -0.259. The predicted octanol–water partition coefficient (Wildman–Crippen LogP) is 5.05. The fourth-order valence-electron chi connectivity index (χ4n) is 3.79. The zero-order valence-electron chi connectivity index (χ0n) is 15.5. The lowest BCUT2D eigenvalue weighted by atomic mass is 9.61. The summed E-state index contributed by atoms with van der Waals surface area (Å²) in [6.07, 6.45) is 2.66. The molecule has 0 heterocycles. The monoisotopic (exact) mass is 314 g/mol. The molecule has 0 radical (unpaired) electrons. The van der Waals surface area contributed by atoms with Gasteiger partial charge in [0, 0.05) is 11.8 Å². The van der Waals surface area contributed by atoms with E-state index in [2.05, 4.69) is 53.3 Å². The molecular weight excluding hydrogens is 284 g/mol. The van der Waals surface area contributed by atoms with Crippen LogP contribution in [0.1, 0.15) is 50.3 Å². The average Bonchev–Trinajstić information content (AvgIpc) is 2.46. The van der Waals surface area contributed by atoms with Crippen LogP contribution in [0.4, 0.5) is 0 Å². The van der Waals surface area contributed by atoms with Crippen LogP contribution in [-0.2, 0) is 11.2 Å². The van der Waals surface area contributed by atoms with Crippen LogP contribution < -0.4 is 4.74 Å². The van der Waals surface area contributed by atoms with Gasteiger partial charge in [0.1, 0.15) is 11.5 Å². The Kier molecular flexibility index (Phi) is 5.03. The summed E-state index contributed by atoms with van der Waals surface area (Å²) in [5.74, 6) is 1.98. The quantitative estimate of drug-likeness (QED) is 0.727. The second-order valence-electron chi connectivity index (χ2n) is 7.77. The number of rotatable bonds is 4. The summed E-state index contributed by atoms with van der Waals surface area (Å²) in [5, 5.41) is 0. The van der Waals surface area contributed by atoms with Crippen molar-refractivity contribution >= 4 is 5.78 Å². The van der Waals surface area contributed by atoms with Crippen molar-refractivity contribution < 1.29 is 9.53 Å². The fourth-order valence-corrected chi connectivity index (χ4v) is 3.79. The van der Waals surface area contributed by atoms with E-state index in [1.54, 1.807) is 7.11 Å². The molecule has 1 fully saturated rings. The number of allylic oxidation sites excluding steroid dienone is 1. The second-order valence-corrected chi connectivity index (χ2v) is 7.77. The lowest BCUT2D eigenvalue weighted by Crippen LogP contribution is -2.41. The number of hydrogen-bond acceptors (Lipinski definition) is 2. The largest absolute Gasteiger partial charge is 0.497 e. The summed E-state index contributed by atoms with van der Waals surface area (Å²) in [6.45, 7) is 14.6. The third-order valence-electron chi connectivity index (χ3n) is 5.79. The summed E-state index contributed by atoms with van der Waals surface area (Å²) in [4.78, 5) is 12.6. The number of Topliss-reactive ketones (excluding diaryl/α,β-unsaturated/α-hetero) is 1. The molecule has 0 bridgehead atoms. The van der Waals surface area contributed by atoms with Crippen LogP contribution in [0.25, 0.3) is 0 Å². The van der Waals surface area contributed by atoms with Gasteiger partial charge in [-0.1, -0.05) is 26.0 Å². The highest BCUT2D eigenvalue weighted by molar-refractivity contribution is 5.85. The lowest BCUT2D eigenvalue weighted by molar-refractivity contribution is -0.134. The number of ketones is 1. The van der Waals surface area contributed by atoms with Crippen LogP contribution in [0.2, 0.25) is 0 Å². The third kappa shape index (κ3) is 3.52. The first-order chi connectivity index (χ1) is 10.7. The van der Waals surface area contributed by atoms with Crippen molar-refractivity contribution in [1.29, 1.82) is 0 Å². The van der Waals surface area contributed by atoms with Crippen molar-refractivity contribution in [3.05, 3.63) is 41.0 Å². The molecule has 2 heteroatoms. The summed E-state index contributed by atoms with van der Waals surface area (Å²) < 4.78 is 5.36. The number of carbonyl (C=O) groups is 1. The minimum Gasteiger partial charge on any atom is -0.497 e. The van der Waals surface area contributed by atoms with Gasteiger partial charge < -0.3 is 4.74 Å². The van der Waals surface area contributed by atoms with E-state index in [9.17, 15) is 4.79 Å².